The Hall–Kier alpha value is -10.2. The molecule has 0 aliphatic carbocycles. The minimum atomic E-state index is -0.421. The van der Waals surface area contributed by atoms with E-state index < -0.39 is 11.1 Å². The molecule has 14 rings (SSSR count). The Labute approximate surface area is 467 Å². The number of nitrogens with one attached hydrogen (secondary N) is 4. The number of fused-ring (bicyclic) bond motifs is 4. The van der Waals surface area contributed by atoms with E-state index >= 15 is 0 Å². The lowest BCUT2D eigenvalue weighted by molar-refractivity contribution is 0.180. The smallest absolute Gasteiger partial charge is 0.326 e. The average molecular weight is 1090 g/mol. The van der Waals surface area contributed by atoms with Crippen molar-refractivity contribution >= 4 is 56.3 Å². The minimum Gasteiger partial charge on any atom is -0.369 e. The fourth-order valence-corrected chi connectivity index (χ4v) is 11.5. The summed E-state index contributed by atoms with van der Waals surface area (Å²) in [6.45, 7) is 5.27. The van der Waals surface area contributed by atoms with Gasteiger partial charge in [-0.25, -0.2) is 29.5 Å². The predicted molar refractivity (Wildman–Crippen MR) is 319 cm³/mol. The van der Waals surface area contributed by atoms with Gasteiger partial charge < -0.3 is 21.4 Å². The molecule has 0 saturated carbocycles. The van der Waals surface area contributed by atoms with Crippen molar-refractivity contribution in [3.63, 3.8) is 0 Å². The van der Waals surface area contributed by atoms with Crippen molar-refractivity contribution in [2.45, 2.75) is 50.9 Å². The van der Waals surface area contributed by atoms with Gasteiger partial charge in [0.25, 0.3) is 11.1 Å². The van der Waals surface area contributed by atoms with Crippen molar-refractivity contribution in [3.05, 3.63) is 211 Å². The summed E-state index contributed by atoms with van der Waals surface area (Å²) in [5, 5.41) is 0. The van der Waals surface area contributed by atoms with E-state index in [2.05, 4.69) is 69.0 Å². The van der Waals surface area contributed by atoms with Gasteiger partial charge in [0, 0.05) is 73.6 Å². The number of rotatable bonds is 10. The number of nitrogens with two attached hydrogens (primary N) is 2. The van der Waals surface area contributed by atoms with Gasteiger partial charge in [0.1, 0.15) is 0 Å². The summed E-state index contributed by atoms with van der Waals surface area (Å²) in [6, 6.07) is 52.0. The van der Waals surface area contributed by atoms with Crippen molar-refractivity contribution in [2.75, 3.05) is 37.6 Å². The Bertz CT molecular complexity index is 4560. The number of para-hydroxylation sites is 4. The van der Waals surface area contributed by atoms with Gasteiger partial charge in [0.15, 0.2) is 22.3 Å². The van der Waals surface area contributed by atoms with Crippen LogP contribution in [0.3, 0.4) is 0 Å². The van der Waals surface area contributed by atoms with Crippen LogP contribution < -0.4 is 34.0 Å². The minimum absolute atomic E-state index is 0.00361. The molecule has 12 aromatic rings. The number of hydrogen-bond acceptors (Lipinski definition) is 14. The topological polar surface area (TPSA) is 277 Å². The fraction of sp³-hybridized carbons (Fsp3) is 0.194. The number of benzene rings is 6. The van der Waals surface area contributed by atoms with Crippen LogP contribution in [-0.2, 0) is 13.1 Å². The number of nitrogen functional groups attached to an aromatic ring is 2. The molecule has 2 aliphatic heterocycles. The van der Waals surface area contributed by atoms with E-state index in [4.69, 9.17) is 26.4 Å². The monoisotopic (exact) mass is 1090 g/mol. The maximum atomic E-state index is 12.6. The molecule has 20 heteroatoms. The van der Waals surface area contributed by atoms with Crippen LogP contribution >= 0.6 is 0 Å². The molecule has 0 spiro atoms. The third-order valence-electron chi connectivity index (χ3n) is 15.6. The van der Waals surface area contributed by atoms with Crippen LogP contribution in [0.1, 0.15) is 48.9 Å². The second-order valence-electron chi connectivity index (χ2n) is 20.9. The van der Waals surface area contributed by atoms with E-state index in [1.165, 1.54) is 11.1 Å². The van der Waals surface area contributed by atoms with Crippen molar-refractivity contribution in [2.24, 2.45) is 0 Å². The van der Waals surface area contributed by atoms with Gasteiger partial charge >= 0.3 is 11.4 Å². The molecule has 6 aromatic carbocycles. The van der Waals surface area contributed by atoms with Gasteiger partial charge in [-0.2, -0.15) is 9.97 Å². The maximum absolute atomic E-state index is 12.6. The van der Waals surface area contributed by atoms with E-state index in [0.717, 1.165) is 109 Å². The first kappa shape index (κ1) is 51.3. The zero-order valence-corrected chi connectivity index (χ0v) is 44.5. The molecule has 8 N–H and O–H groups in total. The number of likely N-dealkylation sites (tertiary alicyclic amines) is 2. The van der Waals surface area contributed by atoms with Crippen molar-refractivity contribution in [3.8, 4) is 45.0 Å². The molecular weight excluding hydrogens is 1030 g/mol. The van der Waals surface area contributed by atoms with E-state index in [-0.39, 0.29) is 57.7 Å². The number of anilines is 2. The van der Waals surface area contributed by atoms with Crippen LogP contribution in [0.4, 0.5) is 11.9 Å². The summed E-state index contributed by atoms with van der Waals surface area (Å²) in [5.74, 6) is 0.00867. The predicted octanol–water partition coefficient (Wildman–Crippen LogP) is 8.22. The van der Waals surface area contributed by atoms with Crippen molar-refractivity contribution in [1.29, 1.82) is 0 Å². The third-order valence-corrected chi connectivity index (χ3v) is 15.6. The number of hydrogen-bond donors (Lipinski definition) is 6. The van der Waals surface area contributed by atoms with Crippen molar-refractivity contribution < 1.29 is 0 Å². The first-order valence-electron chi connectivity index (χ1n) is 27.3. The highest BCUT2D eigenvalue weighted by Crippen LogP contribution is 2.34. The number of nitrogens with zero attached hydrogens (tertiary/aromatic N) is 10. The van der Waals surface area contributed by atoms with E-state index in [1.54, 1.807) is 0 Å². The third kappa shape index (κ3) is 10.2. The molecule has 82 heavy (non-hydrogen) atoms. The van der Waals surface area contributed by atoms with Crippen LogP contribution in [0.2, 0.25) is 0 Å². The van der Waals surface area contributed by atoms with Crippen molar-refractivity contribution in [1.82, 2.24) is 68.8 Å². The van der Waals surface area contributed by atoms with Gasteiger partial charge in [0.05, 0.1) is 44.8 Å². The Morgan fingerprint density at radius 2 is 0.732 bits per heavy atom. The molecule has 2 saturated heterocycles. The highest BCUT2D eigenvalue weighted by Gasteiger charge is 2.26. The summed E-state index contributed by atoms with van der Waals surface area (Å²) in [7, 11) is 0. The Morgan fingerprint density at radius 1 is 0.390 bits per heavy atom. The summed E-state index contributed by atoms with van der Waals surface area (Å²) in [6.07, 6.45) is 3.67. The second-order valence-corrected chi connectivity index (χ2v) is 20.9. The molecule has 20 nitrogen and oxygen atoms in total. The molecule has 0 bridgehead atoms. The van der Waals surface area contributed by atoms with Crippen LogP contribution in [0.5, 0.6) is 0 Å². The molecule has 6 aromatic heterocycles. The summed E-state index contributed by atoms with van der Waals surface area (Å²) >= 11 is 0. The van der Waals surface area contributed by atoms with E-state index in [9.17, 15) is 19.2 Å². The average Bonchev–Trinajstić information content (AvgIpc) is 4.17. The lowest BCUT2D eigenvalue weighted by Crippen LogP contribution is -2.36. The molecule has 408 valence electrons. The molecule has 8 heterocycles. The van der Waals surface area contributed by atoms with Crippen LogP contribution in [0.25, 0.3) is 89.4 Å². The summed E-state index contributed by atoms with van der Waals surface area (Å²) in [5.41, 5.74) is 23.4. The van der Waals surface area contributed by atoms with Crippen LogP contribution in [0.15, 0.2) is 177 Å². The standard InChI is InChI=1S/2C31H28N8O2/c32-30-36-28-27(29(40)37-30)34-25(26(35-28)20-6-2-1-3-7-20)21-12-10-19(11-13-21)18-38-16-14-22(15-17-38)39-24-9-5-4-8-23(24)33-31(39)41;32-30-36-28-27(29(40)37-30)34-25(20-6-2-1-3-7-20)26(35-28)21-12-10-19(11-13-21)18-38-16-14-22(15-17-38)39-24-9-5-4-8-23(24)33-31(39)41/h2*1-13,22H,14-18H2,(H,33,41)(H3,32,35,36,37,40). The number of piperidine rings is 2. The molecular formula is C62H56N16O4. The highest BCUT2D eigenvalue weighted by molar-refractivity contribution is 5.86. The lowest BCUT2D eigenvalue weighted by Gasteiger charge is -2.32. The Kier molecular flexibility index (Phi) is 13.6. The molecule has 0 unspecified atom stereocenters. The molecule has 2 aliphatic rings. The number of aromatic amines is 4. The van der Waals surface area contributed by atoms with Crippen LogP contribution in [0, 0.1) is 0 Å². The summed E-state index contributed by atoms with van der Waals surface area (Å²) in [4.78, 5) is 93.4. The van der Waals surface area contributed by atoms with Crippen LogP contribution in [-0.4, -0.2) is 95.0 Å². The van der Waals surface area contributed by atoms with E-state index in [1.807, 2.05) is 143 Å². The first-order chi connectivity index (χ1) is 40.1. The molecule has 0 amide bonds. The number of imidazole rings is 2. The zero-order valence-electron chi connectivity index (χ0n) is 44.5. The van der Waals surface area contributed by atoms with Gasteiger partial charge in [-0.3, -0.25) is 38.5 Å². The quantitative estimate of drug-likeness (QED) is 0.0753. The zero-order chi connectivity index (χ0) is 55.8. The summed E-state index contributed by atoms with van der Waals surface area (Å²) < 4.78 is 3.85. The normalized spacial score (nSPS) is 14.6. The highest BCUT2D eigenvalue weighted by atomic mass is 16.2. The van der Waals surface area contributed by atoms with Gasteiger partial charge in [0.2, 0.25) is 11.9 Å². The van der Waals surface area contributed by atoms with Gasteiger partial charge in [-0.05, 0) is 61.1 Å². The number of aromatic nitrogens is 12. The largest absolute Gasteiger partial charge is 0.369 e. The molecule has 0 radical (unpaired) electrons. The number of H-pyrrole nitrogens is 4. The second kappa shape index (κ2) is 21.8. The molecule has 0 atom stereocenters. The van der Waals surface area contributed by atoms with E-state index in [0.29, 0.717) is 22.8 Å². The van der Waals surface area contributed by atoms with Gasteiger partial charge in [-0.1, -0.05) is 133 Å². The Morgan fingerprint density at radius 3 is 1.12 bits per heavy atom. The molecule has 2 fully saturated rings. The maximum Gasteiger partial charge on any atom is 0.326 e. The first-order valence-corrected chi connectivity index (χ1v) is 27.3. The SMILES string of the molecule is Nc1nc2nc(-c3ccc(CN4CCC(n5c(=O)[nH]c6ccccc65)CC4)cc3)c(-c3ccccc3)nc2c(=O)[nH]1.Nc1nc2nc(-c3ccccc3)c(-c3ccc(CN4CCC(n5c(=O)[nH]c6ccccc65)CC4)cc3)nc2c(=O)[nH]1. The Balaban J connectivity index is 0.000000154. The van der Waals surface area contributed by atoms with Gasteiger partial charge in [-0.15, -0.1) is 0 Å². The lowest BCUT2D eigenvalue weighted by atomic mass is 10.0. The fourth-order valence-electron chi connectivity index (χ4n) is 11.5.